The van der Waals surface area contributed by atoms with Gasteiger partial charge in [0.25, 0.3) is 0 Å². The standard InChI is InChI=1S/C26H30N4O2/c1-6-15-29(25(32)18(2)3)17-24(31)28-26-27-23(21-11-7-19(4)8-12-21)16-30(26)22-13-9-20(5)10-14-22/h6-14,16,18H,1,15,17H2,2-5H3,(H,27,28,31). The van der Waals surface area contributed by atoms with Crippen molar-refractivity contribution < 1.29 is 9.59 Å². The molecule has 2 amide bonds. The van der Waals surface area contributed by atoms with Crippen LogP contribution in [0.1, 0.15) is 25.0 Å². The lowest BCUT2D eigenvalue weighted by atomic mass is 10.1. The monoisotopic (exact) mass is 430 g/mol. The molecule has 0 saturated carbocycles. The Balaban J connectivity index is 1.92. The normalized spacial score (nSPS) is 10.8. The average molecular weight is 431 g/mol. The summed E-state index contributed by atoms with van der Waals surface area (Å²) >= 11 is 0. The molecule has 0 unspecified atom stereocenters. The molecule has 2 aromatic carbocycles. The van der Waals surface area contributed by atoms with E-state index >= 15 is 0 Å². The van der Waals surface area contributed by atoms with Gasteiger partial charge >= 0.3 is 0 Å². The number of amides is 2. The molecule has 0 atom stereocenters. The fraction of sp³-hybridized carbons (Fsp3) is 0.269. The first-order valence-corrected chi connectivity index (χ1v) is 10.7. The fourth-order valence-corrected chi connectivity index (χ4v) is 3.33. The molecule has 1 aromatic heterocycles. The van der Waals surface area contributed by atoms with Crippen LogP contribution < -0.4 is 5.32 Å². The highest BCUT2D eigenvalue weighted by Gasteiger charge is 2.20. The third-order valence-electron chi connectivity index (χ3n) is 5.11. The number of benzene rings is 2. The summed E-state index contributed by atoms with van der Waals surface area (Å²) in [7, 11) is 0. The Morgan fingerprint density at radius 3 is 2.22 bits per heavy atom. The van der Waals surface area contributed by atoms with E-state index in [4.69, 9.17) is 0 Å². The van der Waals surface area contributed by atoms with Crippen molar-refractivity contribution >= 4 is 17.8 Å². The number of hydrogen-bond acceptors (Lipinski definition) is 3. The predicted octanol–water partition coefficient (Wildman–Crippen LogP) is 4.77. The van der Waals surface area contributed by atoms with E-state index in [2.05, 4.69) is 16.9 Å². The average Bonchev–Trinajstić information content (AvgIpc) is 3.17. The Bertz CT molecular complexity index is 1100. The molecule has 1 heterocycles. The van der Waals surface area contributed by atoms with Gasteiger partial charge in [0, 0.05) is 29.9 Å². The minimum Gasteiger partial charge on any atom is -0.329 e. The molecule has 0 aliphatic carbocycles. The van der Waals surface area contributed by atoms with Crippen molar-refractivity contribution in [1.29, 1.82) is 0 Å². The molecular weight excluding hydrogens is 400 g/mol. The molecule has 0 aliphatic rings. The number of nitrogens with one attached hydrogen (secondary N) is 1. The van der Waals surface area contributed by atoms with Crippen molar-refractivity contribution in [2.75, 3.05) is 18.4 Å². The van der Waals surface area contributed by atoms with Crippen LogP contribution in [0.25, 0.3) is 16.9 Å². The Morgan fingerprint density at radius 2 is 1.66 bits per heavy atom. The highest BCUT2D eigenvalue weighted by molar-refractivity contribution is 5.94. The van der Waals surface area contributed by atoms with Crippen molar-refractivity contribution in [3.8, 4) is 16.9 Å². The summed E-state index contributed by atoms with van der Waals surface area (Å²) in [6.07, 6.45) is 3.53. The van der Waals surface area contributed by atoms with Crippen LogP contribution in [0, 0.1) is 19.8 Å². The SMILES string of the molecule is C=CCN(CC(=O)Nc1nc(-c2ccc(C)cc2)cn1-c1ccc(C)cc1)C(=O)C(C)C. The Labute approximate surface area is 189 Å². The van der Waals surface area contributed by atoms with E-state index < -0.39 is 0 Å². The molecule has 32 heavy (non-hydrogen) atoms. The molecular formula is C26H30N4O2. The molecule has 0 saturated heterocycles. The van der Waals surface area contributed by atoms with Crippen LogP contribution in [-0.2, 0) is 9.59 Å². The highest BCUT2D eigenvalue weighted by atomic mass is 16.2. The maximum Gasteiger partial charge on any atom is 0.246 e. The minimum absolute atomic E-state index is 0.0658. The van der Waals surface area contributed by atoms with Crippen molar-refractivity contribution in [3.63, 3.8) is 0 Å². The summed E-state index contributed by atoms with van der Waals surface area (Å²) in [5.74, 6) is -0.201. The number of carbonyl (C=O) groups is 2. The van der Waals surface area contributed by atoms with Crippen molar-refractivity contribution in [1.82, 2.24) is 14.5 Å². The zero-order valence-electron chi connectivity index (χ0n) is 19.1. The second-order valence-corrected chi connectivity index (χ2v) is 8.23. The van der Waals surface area contributed by atoms with Gasteiger partial charge in [0.1, 0.15) is 6.54 Å². The molecule has 6 heteroatoms. The third-order valence-corrected chi connectivity index (χ3v) is 5.11. The summed E-state index contributed by atoms with van der Waals surface area (Å²) in [6, 6.07) is 16.1. The van der Waals surface area contributed by atoms with Crippen LogP contribution in [0.2, 0.25) is 0 Å². The first-order valence-electron chi connectivity index (χ1n) is 10.7. The van der Waals surface area contributed by atoms with Gasteiger partial charge in [-0.05, 0) is 26.0 Å². The number of rotatable bonds is 8. The number of aryl methyl sites for hydroxylation is 2. The minimum atomic E-state index is -0.310. The van der Waals surface area contributed by atoms with Crippen molar-refractivity contribution in [3.05, 3.63) is 78.5 Å². The summed E-state index contributed by atoms with van der Waals surface area (Å²) in [4.78, 5) is 31.5. The van der Waals surface area contributed by atoms with Gasteiger partial charge in [-0.15, -0.1) is 6.58 Å². The second-order valence-electron chi connectivity index (χ2n) is 8.23. The predicted molar refractivity (Wildman–Crippen MR) is 129 cm³/mol. The summed E-state index contributed by atoms with van der Waals surface area (Å²) < 4.78 is 1.86. The molecule has 0 bridgehead atoms. The van der Waals surface area contributed by atoms with Crippen LogP contribution in [0.15, 0.2) is 67.4 Å². The van der Waals surface area contributed by atoms with Crippen LogP contribution in [-0.4, -0.2) is 39.4 Å². The van der Waals surface area contributed by atoms with Gasteiger partial charge in [-0.2, -0.15) is 0 Å². The molecule has 0 radical (unpaired) electrons. The maximum absolute atomic E-state index is 12.9. The molecule has 0 spiro atoms. The lowest BCUT2D eigenvalue weighted by molar-refractivity contribution is -0.136. The first-order chi connectivity index (χ1) is 15.3. The lowest BCUT2D eigenvalue weighted by Crippen LogP contribution is -2.40. The lowest BCUT2D eigenvalue weighted by Gasteiger charge is -2.22. The van der Waals surface area contributed by atoms with Gasteiger partial charge in [-0.1, -0.05) is 67.4 Å². The molecule has 0 fully saturated rings. The summed E-state index contributed by atoms with van der Waals surface area (Å²) in [5.41, 5.74) is 4.91. The van der Waals surface area contributed by atoms with Gasteiger partial charge in [0.05, 0.1) is 5.69 Å². The Kier molecular flexibility index (Phi) is 7.25. The van der Waals surface area contributed by atoms with Crippen LogP contribution >= 0.6 is 0 Å². The zero-order valence-corrected chi connectivity index (χ0v) is 19.1. The number of aromatic nitrogens is 2. The first kappa shape index (κ1) is 23.0. The van der Waals surface area contributed by atoms with Gasteiger partial charge in [-0.25, -0.2) is 4.98 Å². The zero-order chi connectivity index (χ0) is 23.3. The number of imidazole rings is 1. The van der Waals surface area contributed by atoms with Gasteiger partial charge in [0.15, 0.2) is 0 Å². The van der Waals surface area contributed by atoms with E-state index in [9.17, 15) is 9.59 Å². The fourth-order valence-electron chi connectivity index (χ4n) is 3.33. The number of nitrogens with zero attached hydrogens (tertiary/aromatic N) is 3. The highest BCUT2D eigenvalue weighted by Crippen LogP contribution is 2.25. The van der Waals surface area contributed by atoms with Gasteiger partial charge in [0.2, 0.25) is 17.8 Å². The number of carbonyl (C=O) groups excluding carboxylic acids is 2. The van der Waals surface area contributed by atoms with E-state index in [1.165, 1.54) is 4.90 Å². The van der Waals surface area contributed by atoms with Crippen molar-refractivity contribution in [2.45, 2.75) is 27.7 Å². The summed E-state index contributed by atoms with van der Waals surface area (Å²) in [6.45, 7) is 11.6. The molecule has 166 valence electrons. The van der Waals surface area contributed by atoms with E-state index in [1.54, 1.807) is 6.08 Å². The van der Waals surface area contributed by atoms with E-state index in [-0.39, 0.29) is 24.3 Å². The quantitative estimate of drug-likeness (QED) is 0.524. The van der Waals surface area contributed by atoms with Crippen LogP contribution in [0.4, 0.5) is 5.95 Å². The number of hydrogen-bond donors (Lipinski definition) is 1. The van der Waals surface area contributed by atoms with Crippen molar-refractivity contribution in [2.24, 2.45) is 5.92 Å². The molecule has 3 rings (SSSR count). The molecule has 0 aliphatic heterocycles. The van der Waals surface area contributed by atoms with Gasteiger partial charge in [-0.3, -0.25) is 19.5 Å². The maximum atomic E-state index is 12.9. The van der Waals surface area contributed by atoms with E-state index in [1.807, 2.05) is 87.0 Å². The smallest absolute Gasteiger partial charge is 0.246 e. The van der Waals surface area contributed by atoms with Crippen LogP contribution in [0.3, 0.4) is 0 Å². The molecule has 6 nitrogen and oxygen atoms in total. The van der Waals surface area contributed by atoms with E-state index in [0.717, 1.165) is 28.1 Å². The molecule has 1 N–H and O–H groups in total. The largest absolute Gasteiger partial charge is 0.329 e. The van der Waals surface area contributed by atoms with E-state index in [0.29, 0.717) is 12.5 Å². The third kappa shape index (κ3) is 5.52. The molecule has 3 aromatic rings. The Hall–Kier alpha value is -3.67. The number of anilines is 1. The van der Waals surface area contributed by atoms with Gasteiger partial charge < -0.3 is 4.90 Å². The Morgan fingerprint density at radius 1 is 1.06 bits per heavy atom. The van der Waals surface area contributed by atoms with Crippen LogP contribution in [0.5, 0.6) is 0 Å². The second kappa shape index (κ2) is 10.1. The summed E-state index contributed by atoms with van der Waals surface area (Å²) in [5, 5.41) is 2.89. The topological polar surface area (TPSA) is 67.2 Å².